The van der Waals surface area contributed by atoms with Crippen LogP contribution in [0.2, 0.25) is 0 Å². The summed E-state index contributed by atoms with van der Waals surface area (Å²) in [4.78, 5) is 27.5. The molecular weight excluding hydrogens is 292 g/mol. The standard InChI is InChI=1S/C17H32N4O2/c18-16(22)14-20(10-6-15-4-2-1-3-5-15)11-7-17(23)21-12-8-19-9-13-21/h15,19H,1-14H2,(H2,18,22). The minimum atomic E-state index is -0.303. The van der Waals surface area contributed by atoms with Gasteiger partial charge in [0.15, 0.2) is 0 Å². The molecule has 2 rings (SSSR count). The van der Waals surface area contributed by atoms with E-state index in [2.05, 4.69) is 10.2 Å². The molecule has 0 spiro atoms. The summed E-state index contributed by atoms with van der Waals surface area (Å²) >= 11 is 0. The topological polar surface area (TPSA) is 78.7 Å². The molecule has 0 aromatic heterocycles. The molecule has 2 fully saturated rings. The molecule has 1 aliphatic heterocycles. The van der Waals surface area contributed by atoms with Gasteiger partial charge < -0.3 is 16.0 Å². The highest BCUT2D eigenvalue weighted by Gasteiger charge is 2.19. The summed E-state index contributed by atoms with van der Waals surface area (Å²) in [6, 6.07) is 0. The normalized spacial score (nSPS) is 20.0. The minimum Gasteiger partial charge on any atom is -0.369 e. The van der Waals surface area contributed by atoms with Crippen LogP contribution in [-0.4, -0.2) is 67.4 Å². The fraction of sp³-hybridized carbons (Fsp3) is 0.882. The van der Waals surface area contributed by atoms with Crippen molar-refractivity contribution in [1.82, 2.24) is 15.1 Å². The molecule has 2 aliphatic rings. The van der Waals surface area contributed by atoms with E-state index in [4.69, 9.17) is 5.73 Å². The summed E-state index contributed by atoms with van der Waals surface area (Å²) in [7, 11) is 0. The third kappa shape index (κ3) is 6.87. The molecule has 6 nitrogen and oxygen atoms in total. The van der Waals surface area contributed by atoms with Crippen LogP contribution in [0.1, 0.15) is 44.9 Å². The second kappa shape index (κ2) is 9.88. The Morgan fingerprint density at radius 2 is 1.78 bits per heavy atom. The first-order valence-corrected chi connectivity index (χ1v) is 9.14. The Kier molecular flexibility index (Phi) is 7.82. The fourth-order valence-corrected chi connectivity index (χ4v) is 3.66. The summed E-state index contributed by atoms with van der Waals surface area (Å²) in [5, 5.41) is 3.25. The number of piperazine rings is 1. The van der Waals surface area contributed by atoms with Crippen LogP contribution in [0.15, 0.2) is 0 Å². The zero-order chi connectivity index (χ0) is 16.5. The highest BCUT2D eigenvalue weighted by atomic mass is 16.2. The van der Waals surface area contributed by atoms with Crippen LogP contribution in [0, 0.1) is 5.92 Å². The summed E-state index contributed by atoms with van der Waals surface area (Å²) < 4.78 is 0. The highest BCUT2D eigenvalue weighted by molar-refractivity contribution is 5.77. The lowest BCUT2D eigenvalue weighted by Crippen LogP contribution is -2.47. The van der Waals surface area contributed by atoms with Crippen molar-refractivity contribution in [2.75, 3.05) is 45.8 Å². The Morgan fingerprint density at radius 3 is 2.43 bits per heavy atom. The van der Waals surface area contributed by atoms with Gasteiger partial charge in [-0.3, -0.25) is 14.5 Å². The quantitative estimate of drug-likeness (QED) is 0.684. The summed E-state index contributed by atoms with van der Waals surface area (Å²) in [5.41, 5.74) is 5.37. The van der Waals surface area contributed by atoms with E-state index in [0.29, 0.717) is 13.0 Å². The van der Waals surface area contributed by atoms with Gasteiger partial charge in [-0.1, -0.05) is 32.1 Å². The van der Waals surface area contributed by atoms with Gasteiger partial charge in [0.05, 0.1) is 6.54 Å². The smallest absolute Gasteiger partial charge is 0.231 e. The Bertz CT molecular complexity index is 377. The molecule has 2 amide bonds. The fourth-order valence-electron chi connectivity index (χ4n) is 3.66. The van der Waals surface area contributed by atoms with Gasteiger partial charge in [-0.25, -0.2) is 0 Å². The summed E-state index contributed by atoms with van der Waals surface area (Å²) in [6.07, 6.45) is 8.26. The number of nitrogens with two attached hydrogens (primary N) is 1. The highest BCUT2D eigenvalue weighted by Crippen LogP contribution is 2.26. The van der Waals surface area contributed by atoms with Gasteiger partial charge in [-0.05, 0) is 18.9 Å². The number of nitrogens with zero attached hydrogens (tertiary/aromatic N) is 2. The van der Waals surface area contributed by atoms with E-state index in [9.17, 15) is 9.59 Å². The molecule has 1 saturated carbocycles. The van der Waals surface area contributed by atoms with Crippen LogP contribution in [0.5, 0.6) is 0 Å². The molecule has 1 saturated heterocycles. The molecule has 0 radical (unpaired) electrons. The first-order chi connectivity index (χ1) is 11.1. The number of hydrogen-bond donors (Lipinski definition) is 2. The summed E-state index contributed by atoms with van der Waals surface area (Å²) in [5.74, 6) is 0.671. The lowest BCUT2D eigenvalue weighted by atomic mass is 9.87. The molecule has 132 valence electrons. The molecule has 6 heteroatoms. The van der Waals surface area contributed by atoms with E-state index in [1.54, 1.807) is 0 Å². The van der Waals surface area contributed by atoms with Crippen molar-refractivity contribution < 1.29 is 9.59 Å². The number of carbonyl (C=O) groups is 2. The van der Waals surface area contributed by atoms with Gasteiger partial charge in [-0.15, -0.1) is 0 Å². The monoisotopic (exact) mass is 324 g/mol. The van der Waals surface area contributed by atoms with Crippen LogP contribution in [0.4, 0.5) is 0 Å². The zero-order valence-corrected chi connectivity index (χ0v) is 14.3. The molecular formula is C17H32N4O2. The van der Waals surface area contributed by atoms with Crippen molar-refractivity contribution in [3.8, 4) is 0 Å². The first kappa shape index (κ1) is 18.2. The number of carbonyl (C=O) groups excluding carboxylic acids is 2. The van der Waals surface area contributed by atoms with E-state index < -0.39 is 0 Å². The molecule has 0 aromatic rings. The maximum atomic E-state index is 12.2. The molecule has 0 atom stereocenters. The zero-order valence-electron chi connectivity index (χ0n) is 14.3. The number of hydrogen-bond acceptors (Lipinski definition) is 4. The molecule has 0 bridgehead atoms. The third-order valence-corrected chi connectivity index (χ3v) is 5.07. The SMILES string of the molecule is NC(=O)CN(CCC(=O)N1CCNCC1)CCC1CCCCC1. The van der Waals surface area contributed by atoms with E-state index >= 15 is 0 Å². The number of primary amides is 1. The van der Waals surface area contributed by atoms with Crippen LogP contribution in [-0.2, 0) is 9.59 Å². The van der Waals surface area contributed by atoms with Crippen LogP contribution in [0.3, 0.4) is 0 Å². The van der Waals surface area contributed by atoms with Gasteiger partial charge in [-0.2, -0.15) is 0 Å². The largest absolute Gasteiger partial charge is 0.369 e. The Morgan fingerprint density at radius 1 is 1.09 bits per heavy atom. The van der Waals surface area contributed by atoms with Gasteiger partial charge in [0, 0.05) is 39.1 Å². The maximum Gasteiger partial charge on any atom is 0.231 e. The van der Waals surface area contributed by atoms with E-state index in [-0.39, 0.29) is 18.4 Å². The second-order valence-electron chi connectivity index (χ2n) is 6.92. The molecule has 0 aromatic carbocycles. The molecule has 1 aliphatic carbocycles. The van der Waals surface area contributed by atoms with Crippen LogP contribution in [0.25, 0.3) is 0 Å². The summed E-state index contributed by atoms with van der Waals surface area (Å²) in [6.45, 7) is 5.10. The van der Waals surface area contributed by atoms with Crippen molar-refractivity contribution in [2.45, 2.75) is 44.9 Å². The number of rotatable bonds is 8. The number of nitrogens with one attached hydrogen (secondary N) is 1. The Labute approximate surface area is 139 Å². The average molecular weight is 324 g/mol. The van der Waals surface area contributed by atoms with Crippen molar-refractivity contribution in [3.63, 3.8) is 0 Å². The van der Waals surface area contributed by atoms with Crippen molar-refractivity contribution in [1.29, 1.82) is 0 Å². The third-order valence-electron chi connectivity index (χ3n) is 5.07. The van der Waals surface area contributed by atoms with Crippen molar-refractivity contribution in [2.24, 2.45) is 11.7 Å². The molecule has 0 unspecified atom stereocenters. The van der Waals surface area contributed by atoms with E-state index in [0.717, 1.165) is 45.1 Å². The van der Waals surface area contributed by atoms with Crippen LogP contribution < -0.4 is 11.1 Å². The molecule has 23 heavy (non-hydrogen) atoms. The average Bonchev–Trinajstić information content (AvgIpc) is 2.58. The number of amides is 2. The van der Waals surface area contributed by atoms with Gasteiger partial charge >= 0.3 is 0 Å². The lowest BCUT2D eigenvalue weighted by molar-refractivity contribution is -0.132. The minimum absolute atomic E-state index is 0.193. The molecule has 3 N–H and O–H groups in total. The van der Waals surface area contributed by atoms with Gasteiger partial charge in [0.25, 0.3) is 0 Å². The predicted octanol–water partition coefficient (Wildman–Crippen LogP) is 0.566. The van der Waals surface area contributed by atoms with Gasteiger partial charge in [0.2, 0.25) is 11.8 Å². The van der Waals surface area contributed by atoms with Gasteiger partial charge in [0.1, 0.15) is 0 Å². The van der Waals surface area contributed by atoms with E-state index in [1.807, 2.05) is 4.90 Å². The lowest BCUT2D eigenvalue weighted by Gasteiger charge is -2.29. The Hall–Kier alpha value is -1.14. The van der Waals surface area contributed by atoms with Crippen molar-refractivity contribution in [3.05, 3.63) is 0 Å². The first-order valence-electron chi connectivity index (χ1n) is 9.14. The van der Waals surface area contributed by atoms with Crippen LogP contribution >= 0.6 is 0 Å². The van der Waals surface area contributed by atoms with E-state index in [1.165, 1.54) is 32.1 Å². The Balaban J connectivity index is 1.73. The predicted molar refractivity (Wildman–Crippen MR) is 90.9 cm³/mol. The van der Waals surface area contributed by atoms with Crippen molar-refractivity contribution >= 4 is 11.8 Å². The second-order valence-corrected chi connectivity index (χ2v) is 6.92. The molecule has 1 heterocycles. The maximum absolute atomic E-state index is 12.2.